The predicted octanol–water partition coefficient (Wildman–Crippen LogP) is 3.21. The number of hydrogen-bond donors (Lipinski definition) is 2. The summed E-state index contributed by atoms with van der Waals surface area (Å²) in [5, 5.41) is 23.1. The smallest absolute Gasteiger partial charge is 0.251 e. The molecule has 3 unspecified atom stereocenters. The molecule has 2 N–H and O–H groups in total. The fourth-order valence-electron chi connectivity index (χ4n) is 5.24. The van der Waals surface area contributed by atoms with Gasteiger partial charge >= 0.3 is 0 Å². The number of carbonyl (C=O) groups excluding carboxylic acids is 2. The van der Waals surface area contributed by atoms with Crippen molar-refractivity contribution in [1.82, 2.24) is 20.2 Å². The molecule has 1 saturated carbocycles. The normalized spacial score (nSPS) is 21.2. The van der Waals surface area contributed by atoms with Crippen LogP contribution in [0.15, 0.2) is 43.0 Å². The average Bonchev–Trinajstić information content (AvgIpc) is 3.28. The number of nitrogens with zero attached hydrogens (tertiary/aromatic N) is 5. The van der Waals surface area contributed by atoms with E-state index in [1.165, 1.54) is 16.1 Å². The molecule has 196 valence electrons. The third-order valence-electron chi connectivity index (χ3n) is 7.30. The van der Waals surface area contributed by atoms with Crippen molar-refractivity contribution >= 4 is 17.5 Å². The summed E-state index contributed by atoms with van der Waals surface area (Å²) in [5.41, 5.74) is 2.01. The molecule has 2 heterocycles. The number of β-amino-alcohol motifs (C(OH)–C–C–N with tert-alkyl or cyclic N) is 1. The Morgan fingerprint density at radius 2 is 1.78 bits per heavy atom. The zero-order valence-corrected chi connectivity index (χ0v) is 21.8. The van der Waals surface area contributed by atoms with Gasteiger partial charge in [0, 0.05) is 36.1 Å². The van der Waals surface area contributed by atoms with Crippen molar-refractivity contribution in [1.29, 1.82) is 5.26 Å². The minimum Gasteiger partial charge on any atom is -0.391 e. The summed E-state index contributed by atoms with van der Waals surface area (Å²) in [4.78, 5) is 39.1. The van der Waals surface area contributed by atoms with Crippen molar-refractivity contribution < 1.29 is 14.7 Å². The van der Waals surface area contributed by atoms with Crippen LogP contribution in [0.25, 0.3) is 0 Å². The number of aliphatic hydroxyl groups excluding tert-OH is 1. The second-order valence-corrected chi connectivity index (χ2v) is 11.1. The van der Waals surface area contributed by atoms with Crippen LogP contribution in [-0.4, -0.2) is 56.5 Å². The lowest BCUT2D eigenvalue weighted by Crippen LogP contribution is -2.51. The molecule has 3 atom stereocenters. The molecule has 9 nitrogen and oxygen atoms in total. The molecule has 2 aromatic rings. The lowest BCUT2D eigenvalue weighted by atomic mass is 9.87. The van der Waals surface area contributed by atoms with Gasteiger partial charge in [-0.25, -0.2) is 9.97 Å². The van der Waals surface area contributed by atoms with E-state index in [0.29, 0.717) is 11.3 Å². The molecule has 1 saturated heterocycles. The Kier molecular flexibility index (Phi) is 8.08. The number of hydrogen-bond acceptors (Lipinski definition) is 7. The monoisotopic (exact) mass is 504 g/mol. The van der Waals surface area contributed by atoms with E-state index in [0.717, 1.165) is 37.7 Å². The minimum absolute atomic E-state index is 0.0394. The van der Waals surface area contributed by atoms with E-state index in [4.69, 9.17) is 0 Å². The van der Waals surface area contributed by atoms with Crippen molar-refractivity contribution in [3.05, 3.63) is 54.1 Å². The zero-order chi connectivity index (χ0) is 26.6. The molecule has 0 bridgehead atoms. The first-order chi connectivity index (χ1) is 17.7. The van der Waals surface area contributed by atoms with Crippen molar-refractivity contribution in [3.8, 4) is 6.19 Å². The highest BCUT2D eigenvalue weighted by atomic mass is 16.3. The highest BCUT2D eigenvalue weighted by molar-refractivity contribution is 6.04. The van der Waals surface area contributed by atoms with Gasteiger partial charge in [-0.3, -0.25) is 19.4 Å². The van der Waals surface area contributed by atoms with Gasteiger partial charge < -0.3 is 10.4 Å². The van der Waals surface area contributed by atoms with Gasteiger partial charge in [-0.2, -0.15) is 5.26 Å². The molecule has 2 fully saturated rings. The number of aliphatic hydroxyl groups is 1. The third-order valence-corrected chi connectivity index (χ3v) is 7.30. The Morgan fingerprint density at radius 3 is 2.38 bits per heavy atom. The zero-order valence-electron chi connectivity index (χ0n) is 21.8. The van der Waals surface area contributed by atoms with E-state index in [1.807, 2.05) is 30.5 Å². The van der Waals surface area contributed by atoms with Crippen molar-refractivity contribution in [3.63, 3.8) is 0 Å². The van der Waals surface area contributed by atoms with Gasteiger partial charge in [0.05, 0.1) is 12.6 Å². The lowest BCUT2D eigenvalue weighted by molar-refractivity contribution is -0.128. The van der Waals surface area contributed by atoms with Gasteiger partial charge in [0.2, 0.25) is 5.91 Å². The summed E-state index contributed by atoms with van der Waals surface area (Å²) in [6, 6.07) is 5.72. The molecular formula is C28H36N6O3. The summed E-state index contributed by atoms with van der Waals surface area (Å²) in [6.07, 6.45) is 10.9. The summed E-state index contributed by atoms with van der Waals surface area (Å²) in [6.45, 7) is 6.41. The minimum atomic E-state index is -1.03. The third kappa shape index (κ3) is 6.08. The number of nitrogens with one attached hydrogen (secondary N) is 1. The molecule has 37 heavy (non-hydrogen) atoms. The lowest BCUT2D eigenvalue weighted by Gasteiger charge is -2.35. The first-order valence-corrected chi connectivity index (χ1v) is 13.0. The van der Waals surface area contributed by atoms with Gasteiger partial charge in [0.15, 0.2) is 6.19 Å². The van der Waals surface area contributed by atoms with Gasteiger partial charge in [-0.05, 0) is 36.0 Å². The maximum atomic E-state index is 14.2. The first-order valence-electron chi connectivity index (χ1n) is 13.0. The number of amides is 2. The van der Waals surface area contributed by atoms with Crippen LogP contribution >= 0.6 is 0 Å². The maximum absolute atomic E-state index is 14.2. The molecule has 9 heteroatoms. The van der Waals surface area contributed by atoms with Gasteiger partial charge in [0.25, 0.3) is 5.91 Å². The molecule has 2 aliphatic rings. The van der Waals surface area contributed by atoms with E-state index in [1.54, 1.807) is 12.4 Å². The Balaban J connectivity index is 1.78. The molecule has 1 aliphatic carbocycles. The molecule has 4 rings (SSSR count). The average molecular weight is 505 g/mol. The van der Waals surface area contributed by atoms with E-state index in [2.05, 4.69) is 36.1 Å². The highest BCUT2D eigenvalue weighted by Gasteiger charge is 2.43. The van der Waals surface area contributed by atoms with Crippen molar-refractivity contribution in [2.75, 3.05) is 11.4 Å². The van der Waals surface area contributed by atoms with Crippen LogP contribution < -0.4 is 10.2 Å². The number of rotatable bonds is 6. The molecule has 0 spiro atoms. The summed E-state index contributed by atoms with van der Waals surface area (Å²) < 4.78 is 0. The van der Waals surface area contributed by atoms with E-state index in [-0.39, 0.29) is 30.3 Å². The van der Waals surface area contributed by atoms with Crippen LogP contribution in [0.3, 0.4) is 0 Å². The van der Waals surface area contributed by atoms with E-state index < -0.39 is 24.1 Å². The van der Waals surface area contributed by atoms with E-state index in [9.17, 15) is 20.0 Å². The van der Waals surface area contributed by atoms with Crippen LogP contribution in [0, 0.1) is 11.5 Å². The van der Waals surface area contributed by atoms with Crippen LogP contribution in [0.1, 0.15) is 76.5 Å². The molecule has 1 aromatic heterocycles. The summed E-state index contributed by atoms with van der Waals surface area (Å²) >= 11 is 0. The number of nitriles is 1. The SMILES string of the molecule is CC(C)(C)c1ccc(N(C(=O)C2CC(O)CN2C#N)C(C(=O)NC2CCCCC2)c2cncnc2)cc1. The van der Waals surface area contributed by atoms with Gasteiger partial charge in [-0.15, -0.1) is 0 Å². The largest absolute Gasteiger partial charge is 0.391 e. The van der Waals surface area contributed by atoms with Crippen molar-refractivity contribution in [2.24, 2.45) is 0 Å². The molecule has 1 aliphatic heterocycles. The maximum Gasteiger partial charge on any atom is 0.251 e. The fourth-order valence-corrected chi connectivity index (χ4v) is 5.24. The van der Waals surface area contributed by atoms with Gasteiger partial charge in [-0.1, -0.05) is 52.2 Å². The van der Waals surface area contributed by atoms with E-state index >= 15 is 0 Å². The first kappa shape index (κ1) is 26.6. The number of carbonyl (C=O) groups is 2. The van der Waals surface area contributed by atoms with Crippen LogP contribution in [0.5, 0.6) is 0 Å². The highest BCUT2D eigenvalue weighted by Crippen LogP contribution is 2.33. The summed E-state index contributed by atoms with van der Waals surface area (Å²) in [5.74, 6) is -0.730. The Morgan fingerprint density at radius 1 is 1.14 bits per heavy atom. The second-order valence-electron chi connectivity index (χ2n) is 11.1. The molecule has 2 amide bonds. The van der Waals surface area contributed by atoms with Gasteiger partial charge in [0.1, 0.15) is 18.4 Å². The molecular weight excluding hydrogens is 468 g/mol. The molecule has 0 radical (unpaired) electrons. The van der Waals surface area contributed by atoms with Crippen LogP contribution in [0.2, 0.25) is 0 Å². The number of benzene rings is 1. The number of anilines is 1. The topological polar surface area (TPSA) is 122 Å². The second kappa shape index (κ2) is 11.3. The predicted molar refractivity (Wildman–Crippen MR) is 139 cm³/mol. The Hall–Kier alpha value is -3.51. The standard InChI is InChI=1S/C28H36N6O3/c1-28(2,3)20-9-11-22(12-10-20)34(27(37)24-13-23(35)16-33(24)17-29)25(19-14-30-18-31-15-19)26(36)32-21-7-5-4-6-8-21/h9-12,14-15,18,21,23-25,35H,4-8,13,16H2,1-3H3,(H,32,36). The quantitative estimate of drug-likeness (QED) is 0.579. The van der Waals surface area contributed by atoms with Crippen molar-refractivity contribution in [2.45, 2.75) is 88.9 Å². The number of likely N-dealkylation sites (tertiary alicyclic amines) is 1. The number of aromatic nitrogens is 2. The summed E-state index contributed by atoms with van der Waals surface area (Å²) in [7, 11) is 0. The molecule has 1 aromatic carbocycles. The Labute approximate surface area is 218 Å². The van der Waals surface area contributed by atoms with Crippen LogP contribution in [-0.2, 0) is 15.0 Å². The Bertz CT molecular complexity index is 1120. The fraction of sp³-hybridized carbons (Fsp3) is 0.536. The van der Waals surface area contributed by atoms with Crippen LogP contribution in [0.4, 0.5) is 5.69 Å².